The van der Waals surface area contributed by atoms with Gasteiger partial charge in [-0.1, -0.05) is 0 Å². The zero-order valence-electron chi connectivity index (χ0n) is 10.6. The van der Waals surface area contributed by atoms with E-state index < -0.39 is 4.92 Å². The van der Waals surface area contributed by atoms with Gasteiger partial charge in [0.25, 0.3) is 5.56 Å². The van der Waals surface area contributed by atoms with Gasteiger partial charge < -0.3 is 10.3 Å². The minimum atomic E-state index is -0.588. The molecule has 0 saturated carbocycles. The van der Waals surface area contributed by atoms with E-state index in [4.69, 9.17) is 0 Å². The summed E-state index contributed by atoms with van der Waals surface area (Å²) in [6.45, 7) is 1.66. The van der Waals surface area contributed by atoms with Gasteiger partial charge in [0.05, 0.1) is 4.92 Å². The fourth-order valence-corrected chi connectivity index (χ4v) is 2.26. The molecule has 0 spiro atoms. The van der Waals surface area contributed by atoms with Crippen molar-refractivity contribution < 1.29 is 4.92 Å². The predicted octanol–water partition coefficient (Wildman–Crippen LogP) is 0.969. The molecule has 0 atom stereocenters. The molecule has 0 aliphatic rings. The Morgan fingerprint density at radius 1 is 1.45 bits per heavy atom. The highest BCUT2D eigenvalue weighted by Crippen LogP contribution is 2.30. The first-order valence-electron chi connectivity index (χ1n) is 5.44. The fourth-order valence-electron chi connectivity index (χ4n) is 1.37. The molecule has 10 heteroatoms. The Kier molecular flexibility index (Phi) is 3.94. The summed E-state index contributed by atoms with van der Waals surface area (Å²) in [5.74, 6) is 0.244. The van der Waals surface area contributed by atoms with E-state index in [9.17, 15) is 14.9 Å². The summed E-state index contributed by atoms with van der Waals surface area (Å²) in [7, 11) is 1.60. The first-order valence-corrected chi connectivity index (χ1v) is 6.26. The van der Waals surface area contributed by atoms with E-state index in [1.54, 1.807) is 14.0 Å². The lowest BCUT2D eigenvalue weighted by atomic mass is 10.5. The molecule has 20 heavy (non-hydrogen) atoms. The molecule has 0 aliphatic carbocycles. The number of nitrogens with zero attached hydrogens (tertiary/aromatic N) is 4. The number of aromatic nitrogens is 4. The van der Waals surface area contributed by atoms with Gasteiger partial charge in [0, 0.05) is 18.8 Å². The van der Waals surface area contributed by atoms with Crippen molar-refractivity contribution in [1.82, 2.24) is 19.9 Å². The molecule has 0 radical (unpaired) electrons. The molecule has 2 aromatic rings. The number of H-pyrrole nitrogens is 1. The van der Waals surface area contributed by atoms with Crippen LogP contribution in [0.3, 0.4) is 0 Å². The summed E-state index contributed by atoms with van der Waals surface area (Å²) < 4.78 is 0. The minimum Gasteiger partial charge on any atom is -0.357 e. The molecule has 2 N–H and O–H groups in total. The Hall–Kier alpha value is -2.49. The second-order valence-corrected chi connectivity index (χ2v) is 4.66. The molecule has 2 aromatic heterocycles. The minimum absolute atomic E-state index is 0.100. The van der Waals surface area contributed by atoms with E-state index in [2.05, 4.69) is 25.3 Å². The number of nitro groups is 1. The van der Waals surface area contributed by atoms with Gasteiger partial charge in [-0.3, -0.25) is 14.9 Å². The molecular formula is C10H10N6O3S. The largest absolute Gasteiger partial charge is 0.357 e. The average molecular weight is 294 g/mol. The third-order valence-corrected chi connectivity index (χ3v) is 3.08. The maximum absolute atomic E-state index is 11.4. The van der Waals surface area contributed by atoms with E-state index in [0.29, 0.717) is 5.69 Å². The number of aromatic amines is 1. The monoisotopic (exact) mass is 294 g/mol. The molecule has 0 bridgehead atoms. The van der Waals surface area contributed by atoms with E-state index in [1.165, 1.54) is 6.07 Å². The Labute approximate surface area is 117 Å². The third kappa shape index (κ3) is 3.09. The van der Waals surface area contributed by atoms with Crippen LogP contribution in [-0.4, -0.2) is 31.9 Å². The van der Waals surface area contributed by atoms with Crippen molar-refractivity contribution >= 4 is 23.4 Å². The van der Waals surface area contributed by atoms with Crippen LogP contribution < -0.4 is 10.9 Å². The van der Waals surface area contributed by atoms with Crippen molar-refractivity contribution in [2.45, 2.75) is 17.1 Å². The van der Waals surface area contributed by atoms with Crippen molar-refractivity contribution in [3.63, 3.8) is 0 Å². The zero-order chi connectivity index (χ0) is 14.7. The smallest absolute Gasteiger partial charge is 0.320 e. The van der Waals surface area contributed by atoms with Gasteiger partial charge in [0.1, 0.15) is 6.20 Å². The molecule has 0 saturated heterocycles. The molecule has 0 amide bonds. The summed E-state index contributed by atoms with van der Waals surface area (Å²) >= 11 is 0.901. The Balaban J connectivity index is 2.45. The molecule has 0 unspecified atom stereocenters. The molecule has 0 aliphatic heterocycles. The predicted molar refractivity (Wildman–Crippen MR) is 72.0 cm³/mol. The summed E-state index contributed by atoms with van der Waals surface area (Å²) in [6, 6.07) is 1.33. The lowest BCUT2D eigenvalue weighted by Gasteiger charge is -2.04. The Bertz CT molecular complexity index is 716. The number of hydrogen-bond donors (Lipinski definition) is 2. The van der Waals surface area contributed by atoms with Crippen LogP contribution in [0.25, 0.3) is 0 Å². The summed E-state index contributed by atoms with van der Waals surface area (Å²) in [4.78, 5) is 36.1. The molecule has 9 nitrogen and oxygen atoms in total. The van der Waals surface area contributed by atoms with Gasteiger partial charge in [-0.2, -0.15) is 4.98 Å². The highest BCUT2D eigenvalue weighted by molar-refractivity contribution is 7.99. The second kappa shape index (κ2) is 5.65. The number of anilines is 1. The molecule has 0 fully saturated rings. The molecule has 0 aromatic carbocycles. The fraction of sp³-hybridized carbons (Fsp3) is 0.200. The SMILES string of the molecule is CNc1ncc([N+](=O)[O-])c(Sc2nc(C)cc(=O)[nH]2)n1. The van der Waals surface area contributed by atoms with Crippen LogP contribution in [0.15, 0.2) is 27.2 Å². The lowest BCUT2D eigenvalue weighted by Crippen LogP contribution is -2.08. The topological polar surface area (TPSA) is 127 Å². The van der Waals surface area contributed by atoms with Crippen molar-refractivity contribution in [2.24, 2.45) is 0 Å². The number of aryl methyl sites for hydroxylation is 1. The Morgan fingerprint density at radius 3 is 2.80 bits per heavy atom. The van der Waals surface area contributed by atoms with E-state index in [0.717, 1.165) is 18.0 Å². The lowest BCUT2D eigenvalue weighted by molar-refractivity contribution is -0.388. The maximum Gasteiger partial charge on any atom is 0.320 e. The third-order valence-electron chi connectivity index (χ3n) is 2.20. The van der Waals surface area contributed by atoms with Crippen molar-refractivity contribution in [3.05, 3.63) is 38.4 Å². The van der Waals surface area contributed by atoms with Crippen LogP contribution in [0.2, 0.25) is 0 Å². The molecule has 2 rings (SSSR count). The van der Waals surface area contributed by atoms with Gasteiger partial charge in [0.2, 0.25) is 5.95 Å². The van der Waals surface area contributed by atoms with Gasteiger partial charge in [-0.25, -0.2) is 9.97 Å². The van der Waals surface area contributed by atoms with Crippen molar-refractivity contribution in [2.75, 3.05) is 12.4 Å². The van der Waals surface area contributed by atoms with Crippen LogP contribution in [0.5, 0.6) is 0 Å². The van der Waals surface area contributed by atoms with Crippen LogP contribution >= 0.6 is 11.8 Å². The van der Waals surface area contributed by atoms with Crippen LogP contribution in [-0.2, 0) is 0 Å². The quantitative estimate of drug-likeness (QED) is 0.369. The number of rotatable bonds is 4. The van der Waals surface area contributed by atoms with Crippen molar-refractivity contribution in [3.8, 4) is 0 Å². The Morgan fingerprint density at radius 2 is 2.20 bits per heavy atom. The van der Waals surface area contributed by atoms with Crippen LogP contribution in [0, 0.1) is 17.0 Å². The number of hydrogen-bond acceptors (Lipinski definition) is 8. The van der Waals surface area contributed by atoms with Crippen molar-refractivity contribution in [1.29, 1.82) is 0 Å². The second-order valence-electron chi connectivity index (χ2n) is 3.69. The van der Waals surface area contributed by atoms with Crippen LogP contribution in [0.1, 0.15) is 5.69 Å². The van der Waals surface area contributed by atoms with Gasteiger partial charge in [0.15, 0.2) is 10.2 Å². The summed E-state index contributed by atoms with van der Waals surface area (Å²) in [5, 5.41) is 14.0. The first-order chi connectivity index (χ1) is 9.49. The van der Waals surface area contributed by atoms with E-state index in [1.807, 2.05) is 0 Å². The normalized spacial score (nSPS) is 10.3. The zero-order valence-corrected chi connectivity index (χ0v) is 11.4. The summed E-state index contributed by atoms with van der Waals surface area (Å²) in [6.07, 6.45) is 1.11. The average Bonchev–Trinajstić information content (AvgIpc) is 2.37. The highest BCUT2D eigenvalue weighted by atomic mass is 32.2. The van der Waals surface area contributed by atoms with E-state index >= 15 is 0 Å². The van der Waals surface area contributed by atoms with E-state index in [-0.39, 0.29) is 27.4 Å². The highest BCUT2D eigenvalue weighted by Gasteiger charge is 2.19. The first kappa shape index (κ1) is 13.9. The molecule has 104 valence electrons. The molecular weight excluding hydrogens is 284 g/mol. The van der Waals surface area contributed by atoms with Gasteiger partial charge >= 0.3 is 5.69 Å². The van der Waals surface area contributed by atoms with Gasteiger partial charge in [-0.15, -0.1) is 0 Å². The molecule has 2 heterocycles. The van der Waals surface area contributed by atoms with Crippen LogP contribution in [0.4, 0.5) is 11.6 Å². The summed E-state index contributed by atoms with van der Waals surface area (Å²) in [5.41, 5.74) is -0.0643. The standard InChI is InChI=1S/C10H10N6O3S/c1-5-3-7(17)14-10(13-5)20-8-6(16(18)19)4-12-9(11-2)15-8/h3-4H,1-2H3,(H,11,12,15)(H,13,14,17). The maximum atomic E-state index is 11.4. The van der Waals surface area contributed by atoms with Gasteiger partial charge in [-0.05, 0) is 18.7 Å². The number of nitrogens with one attached hydrogen (secondary N) is 2.